The van der Waals surface area contributed by atoms with E-state index in [9.17, 15) is 15.0 Å². The van der Waals surface area contributed by atoms with Gasteiger partial charge in [-0.25, -0.2) is 4.79 Å². The van der Waals surface area contributed by atoms with Gasteiger partial charge in [-0.1, -0.05) is 80.1 Å². The van der Waals surface area contributed by atoms with Gasteiger partial charge in [-0.15, -0.1) is 12.4 Å². The van der Waals surface area contributed by atoms with Crippen molar-refractivity contribution in [1.29, 1.82) is 0 Å². The molecule has 0 aliphatic heterocycles. The van der Waals surface area contributed by atoms with E-state index < -0.39 is 12.1 Å². The summed E-state index contributed by atoms with van der Waals surface area (Å²) in [6, 6.07) is 23.6. The highest BCUT2D eigenvalue weighted by Gasteiger charge is 2.11. The largest absolute Gasteiger partial charge is 0.478 e. The van der Waals surface area contributed by atoms with Crippen LogP contribution in [0.25, 0.3) is 11.1 Å². The van der Waals surface area contributed by atoms with Crippen LogP contribution in [-0.2, 0) is 12.8 Å². The maximum atomic E-state index is 11.4. The molecule has 0 radical (unpaired) electrons. The van der Waals surface area contributed by atoms with Crippen LogP contribution < -0.4 is 5.32 Å². The number of aromatic carboxylic acids is 1. The van der Waals surface area contributed by atoms with Crippen molar-refractivity contribution >= 4 is 18.4 Å². The Hall–Kier alpha value is -2.66. The first-order chi connectivity index (χ1) is 14.6. The molecule has 5 heteroatoms. The van der Waals surface area contributed by atoms with E-state index in [1.54, 1.807) is 6.07 Å². The summed E-state index contributed by atoms with van der Waals surface area (Å²) in [6.45, 7) is 3.37. The van der Waals surface area contributed by atoms with Crippen molar-refractivity contribution in [2.45, 2.75) is 32.3 Å². The molecule has 1 atom stereocenters. The summed E-state index contributed by atoms with van der Waals surface area (Å²) < 4.78 is 0. The predicted octanol–water partition coefficient (Wildman–Crippen LogP) is 5.29. The molecule has 0 saturated carbocycles. The molecule has 3 N–H and O–H groups in total. The number of hydrogen-bond acceptors (Lipinski definition) is 3. The number of carbonyl (C=O) groups is 1. The summed E-state index contributed by atoms with van der Waals surface area (Å²) in [5, 5.41) is 22.9. The van der Waals surface area contributed by atoms with Crippen molar-refractivity contribution in [1.82, 2.24) is 5.32 Å². The minimum Gasteiger partial charge on any atom is -0.478 e. The number of aliphatic hydroxyl groups is 1. The summed E-state index contributed by atoms with van der Waals surface area (Å²) in [5.41, 5.74) is 5.54. The van der Waals surface area contributed by atoms with Crippen LogP contribution in [-0.4, -0.2) is 29.3 Å². The van der Waals surface area contributed by atoms with Gasteiger partial charge in [0.2, 0.25) is 0 Å². The minimum absolute atomic E-state index is 0. The number of benzene rings is 3. The van der Waals surface area contributed by atoms with Crippen LogP contribution in [0.4, 0.5) is 0 Å². The molecule has 3 aromatic carbocycles. The molecule has 0 aromatic heterocycles. The van der Waals surface area contributed by atoms with Crippen LogP contribution in [0.3, 0.4) is 0 Å². The Kier molecular flexibility index (Phi) is 9.73. The molecule has 4 nitrogen and oxygen atoms in total. The van der Waals surface area contributed by atoms with Crippen LogP contribution >= 0.6 is 12.4 Å². The highest BCUT2D eigenvalue weighted by molar-refractivity contribution is 5.90. The first kappa shape index (κ1) is 24.6. The molecule has 0 heterocycles. The standard InChI is InChI=1S/C26H29NO3.ClH/c1-2-6-23-17-22(13-14-24(23)26(29)30)20-11-9-19(10-12-20)15-16-27-18-25(28)21-7-4-3-5-8-21;/h3-5,7-14,17,25,27-28H,2,6,15-16,18H2,1H3,(H,29,30);1H/t25-;/m0./s1. The Morgan fingerprint density at radius 2 is 1.61 bits per heavy atom. The van der Waals surface area contributed by atoms with E-state index in [1.165, 1.54) is 5.56 Å². The number of halogens is 1. The Bertz CT molecular complexity index is 958. The molecule has 3 aromatic rings. The second kappa shape index (κ2) is 12.3. The average molecular weight is 440 g/mol. The topological polar surface area (TPSA) is 69.6 Å². The van der Waals surface area contributed by atoms with Gasteiger partial charge >= 0.3 is 5.97 Å². The molecular weight excluding hydrogens is 410 g/mol. The molecular formula is C26H30ClNO3. The Morgan fingerprint density at radius 3 is 2.26 bits per heavy atom. The monoisotopic (exact) mass is 439 g/mol. The number of aliphatic hydroxyl groups excluding tert-OH is 1. The van der Waals surface area contributed by atoms with E-state index in [0.717, 1.165) is 48.1 Å². The summed E-state index contributed by atoms with van der Waals surface area (Å²) in [7, 11) is 0. The summed E-state index contributed by atoms with van der Waals surface area (Å²) in [5.74, 6) is -0.870. The van der Waals surface area contributed by atoms with Gasteiger partial charge in [-0.3, -0.25) is 0 Å². The second-order valence-corrected chi connectivity index (χ2v) is 7.50. The van der Waals surface area contributed by atoms with Crippen molar-refractivity contribution in [3.63, 3.8) is 0 Å². The van der Waals surface area contributed by atoms with Gasteiger partial charge < -0.3 is 15.5 Å². The number of rotatable bonds is 10. The van der Waals surface area contributed by atoms with E-state index in [1.807, 2.05) is 42.5 Å². The molecule has 0 saturated heterocycles. The summed E-state index contributed by atoms with van der Waals surface area (Å²) >= 11 is 0. The lowest BCUT2D eigenvalue weighted by atomic mass is 9.96. The molecule has 0 bridgehead atoms. The van der Waals surface area contributed by atoms with E-state index in [0.29, 0.717) is 12.1 Å². The van der Waals surface area contributed by atoms with Crippen molar-refractivity contribution in [3.05, 3.63) is 95.1 Å². The van der Waals surface area contributed by atoms with E-state index >= 15 is 0 Å². The number of aryl methyl sites for hydroxylation is 1. The van der Waals surface area contributed by atoms with Crippen LogP contribution in [0.2, 0.25) is 0 Å². The third-order valence-electron chi connectivity index (χ3n) is 5.25. The minimum atomic E-state index is -0.870. The molecule has 0 aliphatic rings. The maximum absolute atomic E-state index is 11.4. The zero-order chi connectivity index (χ0) is 21.3. The van der Waals surface area contributed by atoms with Crippen molar-refractivity contribution in [2.24, 2.45) is 0 Å². The molecule has 0 unspecified atom stereocenters. The van der Waals surface area contributed by atoms with Crippen LogP contribution in [0.15, 0.2) is 72.8 Å². The van der Waals surface area contributed by atoms with Gasteiger partial charge in [0.1, 0.15) is 0 Å². The fourth-order valence-corrected chi connectivity index (χ4v) is 3.59. The van der Waals surface area contributed by atoms with E-state index in [4.69, 9.17) is 0 Å². The zero-order valence-corrected chi connectivity index (χ0v) is 18.6. The lowest BCUT2D eigenvalue weighted by molar-refractivity contribution is 0.0695. The van der Waals surface area contributed by atoms with Gasteiger partial charge in [-0.05, 0) is 53.3 Å². The Labute approximate surface area is 190 Å². The SMILES string of the molecule is CCCc1cc(-c2ccc(CCNC[C@H](O)c3ccccc3)cc2)ccc1C(=O)O.Cl. The van der Waals surface area contributed by atoms with Gasteiger partial charge in [0.05, 0.1) is 11.7 Å². The van der Waals surface area contributed by atoms with Crippen molar-refractivity contribution in [3.8, 4) is 11.1 Å². The predicted molar refractivity (Wildman–Crippen MR) is 128 cm³/mol. The fraction of sp³-hybridized carbons (Fsp3) is 0.269. The number of carboxylic acids is 1. The molecule has 164 valence electrons. The highest BCUT2D eigenvalue weighted by Crippen LogP contribution is 2.24. The van der Waals surface area contributed by atoms with Crippen LogP contribution in [0, 0.1) is 0 Å². The summed E-state index contributed by atoms with van der Waals surface area (Å²) in [4.78, 5) is 11.4. The molecule has 3 rings (SSSR count). The molecule has 0 amide bonds. The zero-order valence-electron chi connectivity index (χ0n) is 17.8. The van der Waals surface area contributed by atoms with Gasteiger partial charge in [0, 0.05) is 6.54 Å². The fourth-order valence-electron chi connectivity index (χ4n) is 3.59. The average Bonchev–Trinajstić information content (AvgIpc) is 2.77. The molecule has 0 aliphatic carbocycles. The third-order valence-corrected chi connectivity index (χ3v) is 5.25. The maximum Gasteiger partial charge on any atom is 0.335 e. The number of carboxylic acid groups (broad SMARTS) is 1. The first-order valence-electron chi connectivity index (χ1n) is 10.5. The Balaban J connectivity index is 0.00000341. The first-order valence-corrected chi connectivity index (χ1v) is 10.5. The third kappa shape index (κ3) is 6.93. The Morgan fingerprint density at radius 1 is 0.935 bits per heavy atom. The van der Waals surface area contributed by atoms with Gasteiger partial charge in [-0.2, -0.15) is 0 Å². The van der Waals surface area contributed by atoms with Gasteiger partial charge in [0.25, 0.3) is 0 Å². The van der Waals surface area contributed by atoms with Crippen LogP contribution in [0.1, 0.15) is 46.5 Å². The van der Waals surface area contributed by atoms with Crippen molar-refractivity contribution < 1.29 is 15.0 Å². The normalized spacial score (nSPS) is 11.5. The lowest BCUT2D eigenvalue weighted by Crippen LogP contribution is -2.23. The highest BCUT2D eigenvalue weighted by atomic mass is 35.5. The second-order valence-electron chi connectivity index (χ2n) is 7.50. The summed E-state index contributed by atoms with van der Waals surface area (Å²) in [6.07, 6.45) is 2.04. The lowest BCUT2D eigenvalue weighted by Gasteiger charge is -2.12. The van der Waals surface area contributed by atoms with Gasteiger partial charge in [0.15, 0.2) is 0 Å². The number of nitrogens with one attached hydrogen (secondary N) is 1. The smallest absolute Gasteiger partial charge is 0.335 e. The molecule has 0 spiro atoms. The quantitative estimate of drug-likeness (QED) is 0.375. The number of hydrogen-bond donors (Lipinski definition) is 3. The molecule has 31 heavy (non-hydrogen) atoms. The van der Waals surface area contributed by atoms with Crippen molar-refractivity contribution in [2.75, 3.05) is 13.1 Å². The van der Waals surface area contributed by atoms with E-state index in [-0.39, 0.29) is 12.4 Å². The van der Waals surface area contributed by atoms with E-state index in [2.05, 4.69) is 36.5 Å². The van der Waals surface area contributed by atoms with Crippen LogP contribution in [0.5, 0.6) is 0 Å². The molecule has 0 fully saturated rings.